The fourth-order valence-corrected chi connectivity index (χ4v) is 3.43. The maximum absolute atomic E-state index is 12.7. The maximum atomic E-state index is 12.7. The summed E-state index contributed by atoms with van der Waals surface area (Å²) in [5.74, 6) is -2.09. The molecule has 0 aliphatic rings. The highest BCUT2D eigenvalue weighted by atomic mass is 35.5. The van der Waals surface area contributed by atoms with E-state index in [0.717, 1.165) is 10.7 Å². The van der Waals surface area contributed by atoms with Gasteiger partial charge in [-0.25, -0.2) is 4.68 Å². The molecule has 0 saturated heterocycles. The molecule has 1 amide bonds. The van der Waals surface area contributed by atoms with E-state index in [1.54, 1.807) is 36.4 Å². The number of carbonyl (C=O) groups excluding carboxylic acids is 1. The van der Waals surface area contributed by atoms with E-state index in [2.05, 4.69) is 10.4 Å². The van der Waals surface area contributed by atoms with E-state index < -0.39 is 24.3 Å². The van der Waals surface area contributed by atoms with Crippen molar-refractivity contribution in [1.29, 1.82) is 0 Å². The molecule has 0 saturated carbocycles. The van der Waals surface area contributed by atoms with Gasteiger partial charge in [0.05, 0.1) is 18.2 Å². The van der Waals surface area contributed by atoms with Gasteiger partial charge in [-0.3, -0.25) is 9.59 Å². The molecule has 0 unspecified atom stereocenters. The molecular weight excluding hydrogens is 441 g/mol. The van der Waals surface area contributed by atoms with E-state index in [1.807, 2.05) is 0 Å². The Morgan fingerprint density at radius 2 is 1.79 bits per heavy atom. The zero-order valence-corrected chi connectivity index (χ0v) is 16.9. The van der Waals surface area contributed by atoms with Crippen LogP contribution < -0.4 is 5.32 Å². The summed E-state index contributed by atoms with van der Waals surface area (Å²) in [6.45, 7) is 0. The number of carboxylic acid groups (broad SMARTS) is 1. The van der Waals surface area contributed by atoms with Gasteiger partial charge < -0.3 is 15.5 Å². The van der Waals surface area contributed by atoms with E-state index >= 15 is 0 Å². The Balaban J connectivity index is 1.88. The molecule has 1 heterocycles. The van der Waals surface area contributed by atoms with Gasteiger partial charge in [0, 0.05) is 21.1 Å². The van der Waals surface area contributed by atoms with Crippen molar-refractivity contribution in [3.05, 3.63) is 74.9 Å². The molecule has 0 aliphatic carbocycles. The van der Waals surface area contributed by atoms with Crippen LogP contribution in [0.2, 0.25) is 15.1 Å². The van der Waals surface area contributed by atoms with Crippen molar-refractivity contribution < 1.29 is 19.8 Å². The van der Waals surface area contributed by atoms with Crippen molar-refractivity contribution in [3.8, 4) is 11.6 Å². The van der Waals surface area contributed by atoms with Crippen molar-refractivity contribution >= 4 is 46.7 Å². The number of halogens is 3. The van der Waals surface area contributed by atoms with Crippen LogP contribution in [-0.4, -0.2) is 31.9 Å². The second-order valence-electron chi connectivity index (χ2n) is 6.07. The monoisotopic (exact) mass is 453 g/mol. The van der Waals surface area contributed by atoms with Crippen LogP contribution in [0.3, 0.4) is 0 Å². The zero-order valence-electron chi connectivity index (χ0n) is 14.6. The Bertz CT molecular complexity index is 1080. The Morgan fingerprint density at radius 3 is 2.45 bits per heavy atom. The lowest BCUT2D eigenvalue weighted by molar-refractivity contribution is -0.137. The van der Waals surface area contributed by atoms with Crippen molar-refractivity contribution in [1.82, 2.24) is 15.1 Å². The molecule has 3 rings (SSSR count). The number of carbonyl (C=O) groups is 2. The van der Waals surface area contributed by atoms with Crippen LogP contribution in [0.1, 0.15) is 28.5 Å². The quantitative estimate of drug-likeness (QED) is 0.509. The van der Waals surface area contributed by atoms with Crippen LogP contribution in [0, 0.1) is 0 Å². The topological polar surface area (TPSA) is 104 Å². The number of aliphatic carboxylic acids is 1. The molecule has 0 aliphatic heterocycles. The number of nitrogens with one attached hydrogen (secondary N) is 1. The molecule has 150 valence electrons. The lowest BCUT2D eigenvalue weighted by Gasteiger charge is -2.18. The number of benzene rings is 2. The largest absolute Gasteiger partial charge is 0.493 e. The molecule has 0 bridgehead atoms. The van der Waals surface area contributed by atoms with Crippen molar-refractivity contribution in [2.45, 2.75) is 12.5 Å². The number of rotatable bonds is 6. The highest BCUT2D eigenvalue weighted by Gasteiger charge is 2.23. The van der Waals surface area contributed by atoms with Gasteiger partial charge in [0.2, 0.25) is 5.88 Å². The van der Waals surface area contributed by atoms with Gasteiger partial charge in [0.25, 0.3) is 5.91 Å². The first kappa shape index (κ1) is 21.0. The average Bonchev–Trinajstić information content (AvgIpc) is 3.03. The molecule has 2 aromatic carbocycles. The molecule has 3 aromatic rings. The van der Waals surface area contributed by atoms with Gasteiger partial charge in [-0.1, -0.05) is 46.9 Å². The molecule has 0 radical (unpaired) electrons. The summed E-state index contributed by atoms with van der Waals surface area (Å²) < 4.78 is 1.14. The first-order valence-electron chi connectivity index (χ1n) is 8.27. The van der Waals surface area contributed by atoms with Crippen LogP contribution in [0.4, 0.5) is 0 Å². The van der Waals surface area contributed by atoms with Crippen LogP contribution in [0.25, 0.3) is 5.69 Å². The smallest absolute Gasteiger partial charge is 0.305 e. The minimum absolute atomic E-state index is 0.108. The molecule has 29 heavy (non-hydrogen) atoms. The first-order chi connectivity index (χ1) is 13.7. The van der Waals surface area contributed by atoms with E-state index in [9.17, 15) is 19.8 Å². The molecule has 0 fully saturated rings. The minimum Gasteiger partial charge on any atom is -0.493 e. The fraction of sp³-hybridized carbons (Fsp3) is 0.105. The van der Waals surface area contributed by atoms with Gasteiger partial charge in [0.15, 0.2) is 5.69 Å². The third-order valence-electron chi connectivity index (χ3n) is 4.00. The number of aromatic hydroxyl groups is 1. The molecule has 0 spiro atoms. The van der Waals surface area contributed by atoms with Crippen molar-refractivity contribution in [2.75, 3.05) is 0 Å². The summed E-state index contributed by atoms with van der Waals surface area (Å²) in [5.41, 5.74) is 0.741. The van der Waals surface area contributed by atoms with Crippen LogP contribution in [-0.2, 0) is 4.79 Å². The number of hydrogen-bond acceptors (Lipinski definition) is 4. The third kappa shape index (κ3) is 5.00. The van der Waals surface area contributed by atoms with Gasteiger partial charge in [0.1, 0.15) is 0 Å². The molecular formula is C19H14Cl3N3O4. The predicted molar refractivity (Wildman–Crippen MR) is 109 cm³/mol. The third-order valence-corrected chi connectivity index (χ3v) is 4.80. The van der Waals surface area contributed by atoms with Gasteiger partial charge in [-0.15, -0.1) is 0 Å². The summed E-state index contributed by atoms with van der Waals surface area (Å²) in [6.07, 6.45) is -0.409. The number of carboxylic acids is 1. The lowest BCUT2D eigenvalue weighted by atomic mass is 10.0. The molecule has 1 atom stereocenters. The van der Waals surface area contributed by atoms with Crippen LogP contribution in [0.15, 0.2) is 48.5 Å². The lowest BCUT2D eigenvalue weighted by Crippen LogP contribution is -2.30. The van der Waals surface area contributed by atoms with E-state index in [-0.39, 0.29) is 16.6 Å². The Hall–Kier alpha value is -2.74. The van der Waals surface area contributed by atoms with Crippen LogP contribution >= 0.6 is 34.8 Å². The number of hydrogen-bond donors (Lipinski definition) is 3. The second kappa shape index (κ2) is 8.73. The molecule has 10 heteroatoms. The van der Waals surface area contributed by atoms with E-state index in [0.29, 0.717) is 21.3 Å². The summed E-state index contributed by atoms with van der Waals surface area (Å²) >= 11 is 18.0. The fourth-order valence-electron chi connectivity index (χ4n) is 2.71. The molecule has 7 nitrogen and oxygen atoms in total. The second-order valence-corrected chi connectivity index (χ2v) is 7.35. The highest BCUT2D eigenvalue weighted by Crippen LogP contribution is 2.29. The molecule has 1 aromatic heterocycles. The highest BCUT2D eigenvalue weighted by molar-refractivity contribution is 6.35. The first-order valence-corrected chi connectivity index (χ1v) is 9.40. The van der Waals surface area contributed by atoms with Gasteiger partial charge >= 0.3 is 5.97 Å². The number of amides is 1. The number of nitrogens with zero attached hydrogens (tertiary/aromatic N) is 2. The van der Waals surface area contributed by atoms with Crippen molar-refractivity contribution in [3.63, 3.8) is 0 Å². The van der Waals surface area contributed by atoms with E-state index in [1.165, 1.54) is 6.07 Å². The summed E-state index contributed by atoms with van der Waals surface area (Å²) in [6, 6.07) is 11.3. The van der Waals surface area contributed by atoms with Gasteiger partial charge in [-0.05, 0) is 35.9 Å². The summed E-state index contributed by atoms with van der Waals surface area (Å²) in [4.78, 5) is 23.9. The zero-order chi connectivity index (χ0) is 21.1. The number of aromatic nitrogens is 2. The Morgan fingerprint density at radius 1 is 1.07 bits per heavy atom. The maximum Gasteiger partial charge on any atom is 0.305 e. The average molecular weight is 455 g/mol. The SMILES string of the molecule is O=C(O)C[C@H](NC(=O)c1cc(O)n(-c2cccc(Cl)c2)n1)c1ccc(Cl)cc1Cl. The van der Waals surface area contributed by atoms with Crippen LogP contribution in [0.5, 0.6) is 5.88 Å². The summed E-state index contributed by atoms with van der Waals surface area (Å²) in [7, 11) is 0. The Labute approximate surface area is 180 Å². The minimum atomic E-state index is -1.13. The predicted octanol–water partition coefficient (Wildman–Crippen LogP) is 4.48. The molecule has 3 N–H and O–H groups in total. The standard InChI is InChI=1S/C19H14Cl3N3O4/c20-10-2-1-3-12(6-10)25-17(26)8-16(24-25)19(29)23-15(9-18(27)28)13-5-4-11(21)7-14(13)22/h1-8,15,26H,9H2,(H,23,29)(H,27,28)/t15-/m0/s1. The normalized spacial score (nSPS) is 11.8. The van der Waals surface area contributed by atoms with Gasteiger partial charge in [-0.2, -0.15) is 5.10 Å². The Kier molecular flexibility index (Phi) is 6.32. The van der Waals surface area contributed by atoms with E-state index in [4.69, 9.17) is 34.8 Å². The summed E-state index contributed by atoms with van der Waals surface area (Å²) in [5, 5.41) is 27.0. The van der Waals surface area contributed by atoms with Crippen molar-refractivity contribution in [2.24, 2.45) is 0 Å².